The lowest BCUT2D eigenvalue weighted by Crippen LogP contribution is -2.52. The molecule has 46 heavy (non-hydrogen) atoms. The van der Waals surface area contributed by atoms with E-state index in [9.17, 15) is 14.0 Å². The fourth-order valence-corrected chi connectivity index (χ4v) is 7.61. The quantitative estimate of drug-likeness (QED) is 0.273. The summed E-state index contributed by atoms with van der Waals surface area (Å²) in [5.41, 5.74) is 3.59. The number of aromatic nitrogens is 4. The van der Waals surface area contributed by atoms with Crippen molar-refractivity contribution in [2.75, 3.05) is 13.1 Å². The number of aryl methyl sites for hydroxylation is 1. The normalized spacial score (nSPS) is 29.7. The van der Waals surface area contributed by atoms with Crippen molar-refractivity contribution < 1.29 is 18.4 Å². The number of pyridine rings is 1. The monoisotopic (exact) mass is 629 g/mol. The number of fused-ring (bicyclic) bond motifs is 3. The number of carbonyl (C=O) groups excluding carboxylic acids is 2. The Kier molecular flexibility index (Phi) is 7.34. The van der Waals surface area contributed by atoms with Gasteiger partial charge in [-0.15, -0.1) is 0 Å². The van der Waals surface area contributed by atoms with Crippen LogP contribution in [0.2, 0.25) is 0 Å². The lowest BCUT2D eigenvalue weighted by molar-refractivity contribution is -0.123. The van der Waals surface area contributed by atoms with Crippen molar-refractivity contribution >= 4 is 33.9 Å². The van der Waals surface area contributed by atoms with Crippen LogP contribution in [0.25, 0.3) is 33.6 Å². The van der Waals surface area contributed by atoms with E-state index in [0.29, 0.717) is 42.4 Å². The van der Waals surface area contributed by atoms with Gasteiger partial charge in [-0.2, -0.15) is 0 Å². The van der Waals surface area contributed by atoms with Gasteiger partial charge in [0.25, 0.3) is 5.91 Å². The van der Waals surface area contributed by atoms with Gasteiger partial charge in [0.15, 0.2) is 5.82 Å². The number of nitrogens with zero attached hydrogens (tertiary/aromatic N) is 4. The van der Waals surface area contributed by atoms with Crippen LogP contribution in [-0.4, -0.2) is 56.2 Å². The highest BCUT2D eigenvalue weighted by Crippen LogP contribution is 2.48. The molecule has 8 rings (SSSR count). The van der Waals surface area contributed by atoms with E-state index in [1.54, 1.807) is 0 Å². The number of halogens is 2. The Balaban J connectivity index is 1.21. The molecule has 3 aromatic heterocycles. The first-order valence-corrected chi connectivity index (χ1v) is 16.9. The van der Waals surface area contributed by atoms with Crippen LogP contribution in [0.4, 0.5) is 8.78 Å². The molecule has 3 N–H and O–H groups in total. The van der Waals surface area contributed by atoms with Gasteiger partial charge < -0.3 is 25.1 Å². The maximum atomic E-state index is 15.7. The molecule has 1 aromatic carbocycles. The molecule has 1 saturated heterocycles. The highest BCUT2D eigenvalue weighted by molar-refractivity contribution is 5.98. The third-order valence-corrected chi connectivity index (χ3v) is 10.6. The predicted octanol–water partition coefficient (Wildman–Crippen LogP) is 5.59. The first-order chi connectivity index (χ1) is 22.3. The number of carbonyl (C=O) groups is 2. The zero-order valence-corrected chi connectivity index (χ0v) is 26.4. The fourth-order valence-electron chi connectivity index (χ4n) is 7.61. The lowest BCUT2D eigenvalue weighted by atomic mass is 10.0. The number of alkyl halides is 1. The van der Waals surface area contributed by atoms with E-state index < -0.39 is 23.9 Å². The van der Waals surface area contributed by atoms with Crippen molar-refractivity contribution in [3.8, 4) is 11.5 Å². The highest BCUT2D eigenvalue weighted by Gasteiger charge is 2.43. The predicted molar refractivity (Wildman–Crippen MR) is 171 cm³/mol. The van der Waals surface area contributed by atoms with E-state index in [2.05, 4.69) is 44.1 Å². The zero-order chi connectivity index (χ0) is 31.7. The van der Waals surface area contributed by atoms with Gasteiger partial charge in [0, 0.05) is 36.5 Å². The molecule has 2 bridgehead atoms. The minimum atomic E-state index is -1.18. The maximum absolute atomic E-state index is 15.7. The van der Waals surface area contributed by atoms with Crippen LogP contribution in [0.5, 0.6) is 0 Å². The molecule has 9 nitrogen and oxygen atoms in total. The number of benzene rings is 1. The van der Waals surface area contributed by atoms with Gasteiger partial charge >= 0.3 is 0 Å². The Morgan fingerprint density at radius 1 is 1.07 bits per heavy atom. The Morgan fingerprint density at radius 2 is 1.91 bits per heavy atom. The Labute approximate surface area is 266 Å². The van der Waals surface area contributed by atoms with Crippen molar-refractivity contribution in [3.05, 3.63) is 47.4 Å². The SMILES string of the molecule is C[C@H]1NC(=O)[C@@H]2C[C@H]2CCCCCn2c(-c3nc4cc(C(=O)N[C@H]5CNCC[C@@H]5F)c(F)cc4n3[C@H]3C[C@@H]3C)cc3ccc1nc32. The van der Waals surface area contributed by atoms with Crippen LogP contribution in [0.3, 0.4) is 0 Å². The van der Waals surface area contributed by atoms with Gasteiger partial charge in [-0.1, -0.05) is 19.8 Å². The topological polar surface area (TPSA) is 106 Å². The van der Waals surface area contributed by atoms with Gasteiger partial charge in [0.2, 0.25) is 5.91 Å². The average molecular weight is 630 g/mol. The van der Waals surface area contributed by atoms with E-state index in [1.165, 1.54) is 12.1 Å². The van der Waals surface area contributed by atoms with E-state index >= 15 is 4.39 Å². The maximum Gasteiger partial charge on any atom is 0.254 e. The summed E-state index contributed by atoms with van der Waals surface area (Å²) >= 11 is 0. The Bertz CT molecular complexity index is 1850. The highest BCUT2D eigenvalue weighted by atomic mass is 19.1. The second-order valence-electron chi connectivity index (χ2n) is 14.0. The molecule has 242 valence electrons. The zero-order valence-electron chi connectivity index (χ0n) is 26.4. The molecule has 5 heterocycles. The summed E-state index contributed by atoms with van der Waals surface area (Å²) in [4.78, 5) is 36.2. The first-order valence-electron chi connectivity index (χ1n) is 16.9. The van der Waals surface area contributed by atoms with Crippen LogP contribution >= 0.6 is 0 Å². The van der Waals surface area contributed by atoms with Crippen molar-refractivity contribution in [3.63, 3.8) is 0 Å². The molecular formula is C35H41F2N7O2. The van der Waals surface area contributed by atoms with Crippen LogP contribution in [0.15, 0.2) is 30.3 Å². The van der Waals surface area contributed by atoms with Gasteiger partial charge in [-0.25, -0.2) is 18.7 Å². The second kappa shape index (κ2) is 11.4. The van der Waals surface area contributed by atoms with Crippen molar-refractivity contribution in [1.82, 2.24) is 35.1 Å². The smallest absolute Gasteiger partial charge is 0.254 e. The van der Waals surface area contributed by atoms with Gasteiger partial charge in [-0.05, 0) is 81.7 Å². The number of hydrogen-bond acceptors (Lipinski definition) is 5. The minimum absolute atomic E-state index is 0.125. The molecule has 3 fully saturated rings. The first kappa shape index (κ1) is 29.5. The van der Waals surface area contributed by atoms with Crippen LogP contribution in [0, 0.1) is 23.6 Å². The van der Waals surface area contributed by atoms with Gasteiger partial charge in [-0.3, -0.25) is 9.59 Å². The van der Waals surface area contributed by atoms with Crippen LogP contribution in [0.1, 0.15) is 86.9 Å². The summed E-state index contributed by atoms with van der Waals surface area (Å²) in [7, 11) is 0. The molecule has 0 radical (unpaired) electrons. The Morgan fingerprint density at radius 3 is 2.72 bits per heavy atom. The molecule has 4 aliphatic rings. The molecule has 11 heteroatoms. The summed E-state index contributed by atoms with van der Waals surface area (Å²) in [6.45, 7) is 5.78. The summed E-state index contributed by atoms with van der Waals surface area (Å²) in [5.74, 6) is 0.588. The summed E-state index contributed by atoms with van der Waals surface area (Å²) < 4.78 is 34.5. The van der Waals surface area contributed by atoms with E-state index in [1.807, 2.05) is 13.0 Å². The molecule has 2 aliphatic heterocycles. The number of imidazole rings is 1. The van der Waals surface area contributed by atoms with Gasteiger partial charge in [0.05, 0.1) is 40.1 Å². The Hall–Kier alpha value is -3.86. The summed E-state index contributed by atoms with van der Waals surface area (Å²) in [6.07, 6.45) is 5.23. The largest absolute Gasteiger partial charge is 0.348 e. The molecule has 7 atom stereocenters. The van der Waals surface area contributed by atoms with Gasteiger partial charge in [0.1, 0.15) is 17.6 Å². The van der Waals surface area contributed by atoms with E-state index in [4.69, 9.17) is 9.97 Å². The van der Waals surface area contributed by atoms with E-state index in [-0.39, 0.29) is 29.5 Å². The molecule has 4 aromatic rings. The standard InChI is InChI=1S/C35H41F2N7O2/c1-18-12-29(18)44-30-16-25(37)23(35(46)42-28-17-38-10-9-24(28)36)15-27(30)41-33(44)31-14-21-7-8-26-19(2)39-34(45)22-13-20(22)6-4-3-5-11-43(31)32(21)40-26/h7-8,14-16,18-20,22,24,28-29,38H,3-6,9-13,17H2,1-2H3,(H,39,45)(H,42,46)/t18-,19+,20+,22+,24-,28-,29-/m0/s1. The summed E-state index contributed by atoms with van der Waals surface area (Å²) in [6, 6.07) is 8.30. The molecule has 2 amide bonds. The number of rotatable bonds is 4. The van der Waals surface area contributed by atoms with Crippen molar-refractivity contribution in [1.29, 1.82) is 0 Å². The van der Waals surface area contributed by atoms with Crippen molar-refractivity contribution in [2.24, 2.45) is 17.8 Å². The number of piperidine rings is 1. The van der Waals surface area contributed by atoms with E-state index in [0.717, 1.165) is 73.3 Å². The fraction of sp³-hybridized carbons (Fsp3) is 0.543. The third kappa shape index (κ3) is 5.26. The number of amides is 2. The number of nitrogens with one attached hydrogen (secondary N) is 3. The summed E-state index contributed by atoms with van der Waals surface area (Å²) in [5, 5.41) is 9.95. The van der Waals surface area contributed by atoms with Crippen LogP contribution in [-0.2, 0) is 11.3 Å². The molecule has 2 saturated carbocycles. The molecule has 2 aliphatic carbocycles. The second-order valence-corrected chi connectivity index (χ2v) is 14.0. The molecular weight excluding hydrogens is 588 g/mol. The lowest BCUT2D eigenvalue weighted by Gasteiger charge is -2.27. The third-order valence-electron chi connectivity index (χ3n) is 10.6. The number of hydrogen-bond donors (Lipinski definition) is 3. The molecule has 0 unspecified atom stereocenters. The molecule has 0 spiro atoms. The average Bonchev–Trinajstić information content (AvgIpc) is 3.90. The van der Waals surface area contributed by atoms with Crippen molar-refractivity contribution in [2.45, 2.75) is 89.6 Å². The minimum Gasteiger partial charge on any atom is -0.348 e. The van der Waals surface area contributed by atoms with Crippen LogP contribution < -0.4 is 16.0 Å².